The van der Waals surface area contributed by atoms with E-state index in [2.05, 4.69) is 31.2 Å². The summed E-state index contributed by atoms with van der Waals surface area (Å²) in [5.41, 5.74) is 5.52. The van der Waals surface area contributed by atoms with Crippen LogP contribution in [0, 0.1) is 6.92 Å². The van der Waals surface area contributed by atoms with E-state index in [9.17, 15) is 15.3 Å². The minimum Gasteiger partial charge on any atom is -0.508 e. The first-order valence-electron chi connectivity index (χ1n) is 9.94. The predicted molar refractivity (Wildman–Crippen MR) is 119 cm³/mol. The van der Waals surface area contributed by atoms with Crippen LogP contribution < -0.4 is 0 Å². The van der Waals surface area contributed by atoms with Gasteiger partial charge in [0, 0.05) is 11.8 Å². The average molecular weight is 396 g/mol. The molecule has 4 aromatic rings. The number of phenols is 3. The number of hydrogen-bond donors (Lipinski definition) is 3. The van der Waals surface area contributed by atoms with E-state index in [0.717, 1.165) is 22.3 Å². The molecule has 0 amide bonds. The van der Waals surface area contributed by atoms with Crippen molar-refractivity contribution in [2.24, 2.45) is 0 Å². The lowest BCUT2D eigenvalue weighted by Gasteiger charge is -2.29. The van der Waals surface area contributed by atoms with E-state index in [-0.39, 0.29) is 29.1 Å². The zero-order valence-electron chi connectivity index (χ0n) is 16.7. The van der Waals surface area contributed by atoms with Gasteiger partial charge in [-0.05, 0) is 65.6 Å². The van der Waals surface area contributed by atoms with Gasteiger partial charge in [0.1, 0.15) is 17.2 Å². The molecule has 0 fully saturated rings. The highest BCUT2D eigenvalue weighted by atomic mass is 16.3. The second kappa shape index (κ2) is 8.34. The summed E-state index contributed by atoms with van der Waals surface area (Å²) >= 11 is 0. The second-order valence-electron chi connectivity index (χ2n) is 7.64. The third-order valence-electron chi connectivity index (χ3n) is 5.53. The van der Waals surface area contributed by atoms with Gasteiger partial charge in [-0.15, -0.1) is 0 Å². The molecular formula is C27H24O3. The van der Waals surface area contributed by atoms with Gasteiger partial charge in [0.2, 0.25) is 0 Å². The van der Waals surface area contributed by atoms with Crippen molar-refractivity contribution in [3.8, 4) is 17.2 Å². The minimum atomic E-state index is -0.0570. The Balaban J connectivity index is 1.93. The molecule has 150 valence electrons. The first-order chi connectivity index (χ1) is 14.5. The average Bonchev–Trinajstić information content (AvgIpc) is 2.75. The SMILES string of the molecule is Cc1ccc(C(c2ccc(O)cc2)C(c2ccc(O)cc2)c2ccc(O)cc2)cc1. The topological polar surface area (TPSA) is 60.7 Å². The Kier molecular flexibility index (Phi) is 5.44. The molecular weight excluding hydrogens is 372 g/mol. The molecule has 0 heterocycles. The molecule has 0 aliphatic carbocycles. The number of aromatic hydroxyl groups is 3. The highest BCUT2D eigenvalue weighted by Crippen LogP contribution is 2.43. The number of rotatable bonds is 5. The maximum atomic E-state index is 9.82. The van der Waals surface area contributed by atoms with E-state index in [1.54, 1.807) is 36.4 Å². The Morgan fingerprint density at radius 1 is 0.400 bits per heavy atom. The molecule has 0 aliphatic heterocycles. The normalized spacial score (nSPS) is 12.1. The van der Waals surface area contributed by atoms with Crippen molar-refractivity contribution in [1.82, 2.24) is 0 Å². The lowest BCUT2D eigenvalue weighted by molar-refractivity contribution is 0.473. The first kappa shape index (κ1) is 19.6. The van der Waals surface area contributed by atoms with E-state index < -0.39 is 0 Å². The van der Waals surface area contributed by atoms with Crippen LogP contribution in [0.15, 0.2) is 97.1 Å². The lowest BCUT2D eigenvalue weighted by atomic mass is 9.73. The van der Waals surface area contributed by atoms with Crippen LogP contribution in [-0.2, 0) is 0 Å². The predicted octanol–water partition coefficient (Wildman–Crippen LogP) is 6.08. The number of phenolic OH excluding ortho intramolecular Hbond substituents is 3. The van der Waals surface area contributed by atoms with Gasteiger partial charge in [-0.3, -0.25) is 0 Å². The third kappa shape index (κ3) is 4.15. The molecule has 3 nitrogen and oxygen atoms in total. The van der Waals surface area contributed by atoms with Crippen molar-refractivity contribution in [3.63, 3.8) is 0 Å². The van der Waals surface area contributed by atoms with Gasteiger partial charge in [0.25, 0.3) is 0 Å². The van der Waals surface area contributed by atoms with E-state index in [4.69, 9.17) is 0 Å². The van der Waals surface area contributed by atoms with E-state index in [1.165, 1.54) is 5.56 Å². The van der Waals surface area contributed by atoms with Crippen LogP contribution in [0.1, 0.15) is 39.7 Å². The van der Waals surface area contributed by atoms with Gasteiger partial charge in [-0.25, -0.2) is 0 Å². The molecule has 1 atom stereocenters. The standard InChI is InChI=1S/C27H24O3/c1-18-2-4-19(5-3-18)26(20-6-12-23(28)13-7-20)27(21-8-14-24(29)15-9-21)22-10-16-25(30)17-11-22/h2-17,26-30H,1H3. The minimum absolute atomic E-state index is 0.0275. The number of hydrogen-bond acceptors (Lipinski definition) is 3. The summed E-state index contributed by atoms with van der Waals surface area (Å²) in [6, 6.07) is 30.4. The van der Waals surface area contributed by atoms with Crippen LogP contribution in [0.5, 0.6) is 17.2 Å². The van der Waals surface area contributed by atoms with Crippen molar-refractivity contribution >= 4 is 0 Å². The molecule has 0 aromatic heterocycles. The zero-order valence-corrected chi connectivity index (χ0v) is 16.7. The summed E-state index contributed by atoms with van der Waals surface area (Å²) in [5, 5.41) is 29.5. The molecule has 3 heteroatoms. The van der Waals surface area contributed by atoms with Gasteiger partial charge in [-0.2, -0.15) is 0 Å². The summed E-state index contributed by atoms with van der Waals surface area (Å²) in [6.45, 7) is 2.07. The summed E-state index contributed by atoms with van der Waals surface area (Å²) in [7, 11) is 0. The van der Waals surface area contributed by atoms with E-state index >= 15 is 0 Å². The fourth-order valence-electron chi connectivity index (χ4n) is 3.97. The second-order valence-corrected chi connectivity index (χ2v) is 7.64. The van der Waals surface area contributed by atoms with Gasteiger partial charge in [-0.1, -0.05) is 66.2 Å². The Labute approximate surface area is 176 Å². The fraction of sp³-hybridized carbons (Fsp3) is 0.111. The fourth-order valence-corrected chi connectivity index (χ4v) is 3.97. The highest BCUT2D eigenvalue weighted by molar-refractivity contribution is 5.47. The quantitative estimate of drug-likeness (QED) is 0.383. The molecule has 0 spiro atoms. The van der Waals surface area contributed by atoms with Crippen LogP contribution in [0.4, 0.5) is 0 Å². The van der Waals surface area contributed by atoms with Gasteiger partial charge in [0.05, 0.1) is 0 Å². The highest BCUT2D eigenvalue weighted by Gasteiger charge is 2.28. The van der Waals surface area contributed by atoms with E-state index in [1.807, 2.05) is 36.4 Å². The molecule has 0 radical (unpaired) electrons. The van der Waals surface area contributed by atoms with E-state index in [0.29, 0.717) is 0 Å². The van der Waals surface area contributed by atoms with Crippen molar-refractivity contribution in [1.29, 1.82) is 0 Å². The molecule has 4 aromatic carbocycles. The van der Waals surface area contributed by atoms with Gasteiger partial charge >= 0.3 is 0 Å². The summed E-state index contributed by atoms with van der Waals surface area (Å²) in [6.07, 6.45) is 0. The van der Waals surface area contributed by atoms with Crippen molar-refractivity contribution in [2.75, 3.05) is 0 Å². The molecule has 3 N–H and O–H groups in total. The smallest absolute Gasteiger partial charge is 0.115 e. The Morgan fingerprint density at radius 2 is 0.633 bits per heavy atom. The largest absolute Gasteiger partial charge is 0.508 e. The molecule has 0 saturated carbocycles. The zero-order chi connectivity index (χ0) is 21.1. The summed E-state index contributed by atoms with van der Waals surface area (Å²) < 4.78 is 0. The van der Waals surface area contributed by atoms with Crippen LogP contribution in [-0.4, -0.2) is 15.3 Å². The number of benzene rings is 4. The van der Waals surface area contributed by atoms with Crippen LogP contribution >= 0.6 is 0 Å². The Morgan fingerprint density at radius 3 is 0.900 bits per heavy atom. The molecule has 1 unspecified atom stereocenters. The van der Waals surface area contributed by atoms with Gasteiger partial charge < -0.3 is 15.3 Å². The maximum absolute atomic E-state index is 9.82. The van der Waals surface area contributed by atoms with Crippen molar-refractivity contribution in [3.05, 3.63) is 125 Å². The van der Waals surface area contributed by atoms with Crippen LogP contribution in [0.2, 0.25) is 0 Å². The molecule has 0 bridgehead atoms. The lowest BCUT2D eigenvalue weighted by Crippen LogP contribution is -2.14. The number of aryl methyl sites for hydroxylation is 1. The third-order valence-corrected chi connectivity index (χ3v) is 5.53. The van der Waals surface area contributed by atoms with Crippen molar-refractivity contribution < 1.29 is 15.3 Å². The first-order valence-corrected chi connectivity index (χ1v) is 9.94. The molecule has 30 heavy (non-hydrogen) atoms. The molecule has 0 aliphatic rings. The maximum Gasteiger partial charge on any atom is 0.115 e. The summed E-state index contributed by atoms with van der Waals surface area (Å²) in [5.74, 6) is 0.588. The Bertz CT molecular complexity index is 913. The van der Waals surface area contributed by atoms with Crippen LogP contribution in [0.3, 0.4) is 0 Å². The Hall–Kier alpha value is -3.72. The monoisotopic (exact) mass is 396 g/mol. The van der Waals surface area contributed by atoms with Crippen LogP contribution in [0.25, 0.3) is 0 Å². The molecule has 4 rings (SSSR count). The van der Waals surface area contributed by atoms with Gasteiger partial charge in [0.15, 0.2) is 0 Å². The van der Waals surface area contributed by atoms with Crippen molar-refractivity contribution in [2.45, 2.75) is 18.8 Å². The molecule has 0 saturated heterocycles. The summed E-state index contributed by atoms with van der Waals surface area (Å²) in [4.78, 5) is 0.